The first-order chi connectivity index (χ1) is 8.22. The number of anilines is 2. The zero-order valence-electron chi connectivity index (χ0n) is 9.55. The second-order valence-corrected chi connectivity index (χ2v) is 3.61. The molecule has 17 heavy (non-hydrogen) atoms. The van der Waals surface area contributed by atoms with Crippen molar-refractivity contribution in [1.29, 1.82) is 0 Å². The fourth-order valence-electron chi connectivity index (χ4n) is 1.66. The van der Waals surface area contributed by atoms with Crippen LogP contribution in [-0.4, -0.2) is 17.1 Å². The van der Waals surface area contributed by atoms with E-state index in [1.54, 1.807) is 7.11 Å². The summed E-state index contributed by atoms with van der Waals surface area (Å²) >= 11 is 0. The molecule has 0 amide bonds. The van der Waals surface area contributed by atoms with E-state index in [0.717, 1.165) is 16.9 Å². The van der Waals surface area contributed by atoms with Gasteiger partial charge in [0, 0.05) is 12.0 Å². The molecule has 0 fully saturated rings. The molecule has 1 heterocycles. The monoisotopic (exact) mass is 230 g/mol. The number of nitrogens with zero attached hydrogens (tertiary/aromatic N) is 2. The lowest BCUT2D eigenvalue weighted by Gasteiger charge is -2.10. The zero-order valence-corrected chi connectivity index (χ0v) is 9.55. The third kappa shape index (κ3) is 2.28. The predicted molar refractivity (Wildman–Crippen MR) is 66.7 cm³/mol. The van der Waals surface area contributed by atoms with Crippen LogP contribution in [0.15, 0.2) is 30.6 Å². The maximum atomic E-state index is 5.79. The molecule has 1 aromatic carbocycles. The maximum absolute atomic E-state index is 5.79. The van der Waals surface area contributed by atoms with Crippen LogP contribution in [0.2, 0.25) is 0 Å². The van der Waals surface area contributed by atoms with Crippen molar-refractivity contribution in [2.75, 3.05) is 18.6 Å². The van der Waals surface area contributed by atoms with Crippen molar-refractivity contribution in [2.24, 2.45) is 0 Å². The summed E-state index contributed by atoms with van der Waals surface area (Å²) in [6, 6.07) is 7.71. The van der Waals surface area contributed by atoms with E-state index in [9.17, 15) is 0 Å². The fourth-order valence-corrected chi connectivity index (χ4v) is 1.66. The van der Waals surface area contributed by atoms with Crippen LogP contribution in [0.25, 0.3) is 0 Å². The molecule has 1 aromatic heterocycles. The fraction of sp³-hybridized carbons (Fsp3) is 0.167. The molecule has 0 bridgehead atoms. The SMILES string of the molecule is COc1ccccc1Cc1c(N)ncnc1N. The third-order valence-corrected chi connectivity index (χ3v) is 2.57. The molecule has 0 unspecified atom stereocenters. The molecule has 2 rings (SSSR count). The normalized spacial score (nSPS) is 10.2. The van der Waals surface area contributed by atoms with Gasteiger partial charge < -0.3 is 16.2 Å². The molecule has 2 aromatic rings. The number of methoxy groups -OCH3 is 1. The molecular weight excluding hydrogens is 216 g/mol. The number of hydrogen-bond donors (Lipinski definition) is 2. The van der Waals surface area contributed by atoms with Crippen LogP contribution >= 0.6 is 0 Å². The van der Waals surface area contributed by atoms with Crippen LogP contribution in [0.5, 0.6) is 5.75 Å². The van der Waals surface area contributed by atoms with Crippen LogP contribution in [-0.2, 0) is 6.42 Å². The summed E-state index contributed by atoms with van der Waals surface area (Å²) in [7, 11) is 1.63. The number of para-hydroxylation sites is 1. The zero-order chi connectivity index (χ0) is 12.3. The molecular formula is C12H14N4O. The number of aromatic nitrogens is 2. The minimum atomic E-state index is 0.406. The largest absolute Gasteiger partial charge is 0.496 e. The van der Waals surface area contributed by atoms with E-state index in [-0.39, 0.29) is 0 Å². The molecule has 0 saturated carbocycles. The van der Waals surface area contributed by atoms with E-state index in [2.05, 4.69) is 9.97 Å². The van der Waals surface area contributed by atoms with E-state index in [1.807, 2.05) is 24.3 Å². The van der Waals surface area contributed by atoms with Crippen molar-refractivity contribution in [3.8, 4) is 5.75 Å². The second-order valence-electron chi connectivity index (χ2n) is 3.61. The topological polar surface area (TPSA) is 87.0 Å². The molecule has 0 aliphatic heterocycles. The summed E-state index contributed by atoms with van der Waals surface area (Å²) < 4.78 is 5.27. The van der Waals surface area contributed by atoms with Gasteiger partial charge in [-0.2, -0.15) is 0 Å². The van der Waals surface area contributed by atoms with Gasteiger partial charge in [0.1, 0.15) is 23.7 Å². The van der Waals surface area contributed by atoms with Gasteiger partial charge in [-0.1, -0.05) is 18.2 Å². The number of benzene rings is 1. The van der Waals surface area contributed by atoms with E-state index < -0.39 is 0 Å². The molecule has 5 nitrogen and oxygen atoms in total. The highest BCUT2D eigenvalue weighted by molar-refractivity contribution is 5.55. The van der Waals surface area contributed by atoms with Gasteiger partial charge in [0.25, 0.3) is 0 Å². The van der Waals surface area contributed by atoms with Crippen LogP contribution < -0.4 is 16.2 Å². The summed E-state index contributed by atoms with van der Waals surface area (Å²) in [6.45, 7) is 0. The van der Waals surface area contributed by atoms with Crippen LogP contribution in [0, 0.1) is 0 Å². The average Bonchev–Trinajstić information content (AvgIpc) is 2.34. The van der Waals surface area contributed by atoms with Crippen molar-refractivity contribution in [3.63, 3.8) is 0 Å². The number of rotatable bonds is 3. The highest BCUT2D eigenvalue weighted by atomic mass is 16.5. The summed E-state index contributed by atoms with van der Waals surface area (Å²) in [5.41, 5.74) is 13.3. The van der Waals surface area contributed by atoms with Gasteiger partial charge >= 0.3 is 0 Å². The molecule has 4 N–H and O–H groups in total. The van der Waals surface area contributed by atoms with Crippen LogP contribution in [0.3, 0.4) is 0 Å². The van der Waals surface area contributed by atoms with Crippen molar-refractivity contribution in [2.45, 2.75) is 6.42 Å². The molecule has 0 radical (unpaired) electrons. The Morgan fingerprint density at radius 2 is 1.76 bits per heavy atom. The van der Waals surface area contributed by atoms with Crippen LogP contribution in [0.4, 0.5) is 11.6 Å². The first kappa shape index (κ1) is 11.2. The molecule has 88 valence electrons. The van der Waals surface area contributed by atoms with Crippen LogP contribution in [0.1, 0.15) is 11.1 Å². The predicted octanol–water partition coefficient (Wildman–Crippen LogP) is 1.24. The number of hydrogen-bond acceptors (Lipinski definition) is 5. The van der Waals surface area contributed by atoms with Crippen molar-refractivity contribution >= 4 is 11.6 Å². The number of ether oxygens (including phenoxy) is 1. The first-order valence-corrected chi connectivity index (χ1v) is 5.19. The highest BCUT2D eigenvalue weighted by Crippen LogP contribution is 2.24. The van der Waals surface area contributed by atoms with E-state index >= 15 is 0 Å². The van der Waals surface area contributed by atoms with Crippen molar-refractivity contribution < 1.29 is 4.74 Å². The third-order valence-electron chi connectivity index (χ3n) is 2.57. The van der Waals surface area contributed by atoms with E-state index in [4.69, 9.17) is 16.2 Å². The van der Waals surface area contributed by atoms with Gasteiger partial charge in [0.2, 0.25) is 0 Å². The molecule has 0 saturated heterocycles. The van der Waals surface area contributed by atoms with Crippen molar-refractivity contribution in [1.82, 2.24) is 9.97 Å². The Balaban J connectivity index is 2.38. The summed E-state index contributed by atoms with van der Waals surface area (Å²) in [4.78, 5) is 7.87. The summed E-state index contributed by atoms with van der Waals surface area (Å²) in [6.07, 6.45) is 1.92. The van der Waals surface area contributed by atoms with Gasteiger partial charge in [-0.25, -0.2) is 9.97 Å². The lowest BCUT2D eigenvalue weighted by atomic mass is 10.1. The average molecular weight is 230 g/mol. The maximum Gasteiger partial charge on any atom is 0.132 e. The Labute approximate surface area is 99.5 Å². The van der Waals surface area contributed by atoms with E-state index in [0.29, 0.717) is 18.1 Å². The lowest BCUT2D eigenvalue weighted by Crippen LogP contribution is -2.06. The molecule has 0 atom stereocenters. The first-order valence-electron chi connectivity index (χ1n) is 5.19. The minimum Gasteiger partial charge on any atom is -0.496 e. The Morgan fingerprint density at radius 1 is 1.12 bits per heavy atom. The van der Waals surface area contributed by atoms with Gasteiger partial charge in [0.15, 0.2) is 0 Å². The smallest absolute Gasteiger partial charge is 0.132 e. The molecule has 0 spiro atoms. The lowest BCUT2D eigenvalue weighted by molar-refractivity contribution is 0.410. The van der Waals surface area contributed by atoms with E-state index in [1.165, 1.54) is 6.33 Å². The summed E-state index contributed by atoms with van der Waals surface area (Å²) in [5.74, 6) is 1.61. The Morgan fingerprint density at radius 3 is 2.41 bits per heavy atom. The second kappa shape index (κ2) is 4.69. The Kier molecular flexibility index (Phi) is 3.09. The summed E-state index contributed by atoms with van der Waals surface area (Å²) in [5, 5.41) is 0. The molecule has 5 heteroatoms. The van der Waals surface area contributed by atoms with Gasteiger partial charge in [0.05, 0.1) is 7.11 Å². The Bertz CT molecular complexity index is 507. The standard InChI is InChI=1S/C12H14N4O/c1-17-10-5-3-2-4-8(10)6-9-11(13)15-7-16-12(9)14/h2-5,7H,6H2,1H3,(H4,13,14,15,16). The quantitative estimate of drug-likeness (QED) is 0.828. The number of nitrogen functional groups attached to an aromatic ring is 2. The van der Waals surface area contributed by atoms with Crippen molar-refractivity contribution in [3.05, 3.63) is 41.7 Å². The van der Waals surface area contributed by atoms with Gasteiger partial charge in [-0.05, 0) is 11.6 Å². The molecule has 0 aliphatic carbocycles. The van der Waals surface area contributed by atoms with Gasteiger partial charge in [-0.15, -0.1) is 0 Å². The number of nitrogens with two attached hydrogens (primary N) is 2. The minimum absolute atomic E-state index is 0.406. The van der Waals surface area contributed by atoms with Gasteiger partial charge in [-0.3, -0.25) is 0 Å². The Hall–Kier alpha value is -2.30. The molecule has 0 aliphatic rings. The highest BCUT2D eigenvalue weighted by Gasteiger charge is 2.10.